The second-order valence-electron chi connectivity index (χ2n) is 9.50. The Balaban J connectivity index is 2.03. The number of nitrogens with zero attached hydrogens (tertiary/aromatic N) is 2. The molecule has 214 valence electrons. The molecule has 3 aromatic rings. The van der Waals surface area contributed by atoms with Gasteiger partial charge in [0, 0.05) is 12.6 Å². The molecule has 0 bridgehead atoms. The van der Waals surface area contributed by atoms with Crippen molar-refractivity contribution in [3.63, 3.8) is 0 Å². The SMILES string of the molecule is CCOc1ccc(N(CC(=O)N(Cc2ccccc2)[C@@H](CC)C(=O)N[C@@H](C)CC)S(=O)(=O)c2ccccc2)cc1. The van der Waals surface area contributed by atoms with Crippen LogP contribution in [0, 0.1) is 0 Å². The fraction of sp³-hybridized carbons (Fsp3) is 0.355. The summed E-state index contributed by atoms with van der Waals surface area (Å²) in [5, 5.41) is 2.98. The van der Waals surface area contributed by atoms with Crippen molar-refractivity contribution in [2.45, 2.75) is 64.1 Å². The highest BCUT2D eigenvalue weighted by Gasteiger charge is 2.33. The van der Waals surface area contributed by atoms with Crippen molar-refractivity contribution >= 4 is 27.5 Å². The summed E-state index contributed by atoms with van der Waals surface area (Å²) in [5.41, 5.74) is 1.15. The minimum Gasteiger partial charge on any atom is -0.494 e. The van der Waals surface area contributed by atoms with Crippen molar-refractivity contribution < 1.29 is 22.7 Å². The Bertz CT molecular complexity index is 1330. The van der Waals surface area contributed by atoms with Gasteiger partial charge in [0.05, 0.1) is 17.2 Å². The Morgan fingerprint density at radius 2 is 1.45 bits per heavy atom. The number of carbonyl (C=O) groups excluding carboxylic acids is 2. The number of sulfonamides is 1. The van der Waals surface area contributed by atoms with Gasteiger partial charge in [-0.15, -0.1) is 0 Å². The maximum Gasteiger partial charge on any atom is 0.264 e. The van der Waals surface area contributed by atoms with E-state index in [1.54, 1.807) is 42.5 Å². The van der Waals surface area contributed by atoms with Crippen molar-refractivity contribution in [1.29, 1.82) is 0 Å². The van der Waals surface area contributed by atoms with Gasteiger partial charge in [-0.3, -0.25) is 13.9 Å². The van der Waals surface area contributed by atoms with Crippen LogP contribution in [-0.2, 0) is 26.2 Å². The highest BCUT2D eigenvalue weighted by atomic mass is 32.2. The van der Waals surface area contributed by atoms with E-state index in [4.69, 9.17) is 4.74 Å². The molecule has 0 saturated carbocycles. The number of amides is 2. The third kappa shape index (κ3) is 7.85. The largest absolute Gasteiger partial charge is 0.494 e. The van der Waals surface area contributed by atoms with Crippen molar-refractivity contribution in [2.24, 2.45) is 0 Å². The molecule has 0 aromatic heterocycles. The van der Waals surface area contributed by atoms with E-state index >= 15 is 0 Å². The second-order valence-corrected chi connectivity index (χ2v) is 11.4. The molecule has 3 aromatic carbocycles. The van der Waals surface area contributed by atoms with Crippen LogP contribution in [0.3, 0.4) is 0 Å². The lowest BCUT2D eigenvalue weighted by atomic mass is 10.1. The van der Waals surface area contributed by atoms with E-state index in [2.05, 4.69) is 5.32 Å². The van der Waals surface area contributed by atoms with Crippen LogP contribution < -0.4 is 14.4 Å². The molecule has 3 rings (SSSR count). The molecule has 0 aliphatic heterocycles. The molecule has 1 N–H and O–H groups in total. The van der Waals surface area contributed by atoms with E-state index in [1.807, 2.05) is 58.0 Å². The molecule has 2 atom stereocenters. The maximum atomic E-state index is 14.1. The lowest BCUT2D eigenvalue weighted by molar-refractivity contribution is -0.140. The van der Waals surface area contributed by atoms with E-state index in [0.29, 0.717) is 24.5 Å². The van der Waals surface area contributed by atoms with Gasteiger partial charge in [0.15, 0.2) is 0 Å². The third-order valence-corrected chi connectivity index (χ3v) is 8.42. The molecule has 0 aliphatic carbocycles. The Morgan fingerprint density at radius 3 is 2.00 bits per heavy atom. The molecule has 8 nitrogen and oxygen atoms in total. The molecular formula is C31H39N3O5S. The summed E-state index contributed by atoms with van der Waals surface area (Å²) in [6.45, 7) is 7.74. The van der Waals surface area contributed by atoms with E-state index < -0.39 is 28.5 Å². The summed E-state index contributed by atoms with van der Waals surface area (Å²) in [7, 11) is -4.11. The minimum atomic E-state index is -4.11. The summed E-state index contributed by atoms with van der Waals surface area (Å²) >= 11 is 0. The standard InChI is InChI=1S/C31H39N3O5S/c1-5-24(4)32-31(36)29(6-2)33(22-25-14-10-8-11-15-25)30(35)23-34(26-18-20-27(21-19-26)39-7-3)40(37,38)28-16-12-9-13-17-28/h8-21,24,29H,5-7,22-23H2,1-4H3,(H,32,36)/t24-,29-/m0/s1. The van der Waals surface area contributed by atoms with Gasteiger partial charge in [0.2, 0.25) is 11.8 Å². The minimum absolute atomic E-state index is 0.0611. The molecule has 0 heterocycles. The molecular weight excluding hydrogens is 526 g/mol. The number of hydrogen-bond donors (Lipinski definition) is 1. The zero-order valence-electron chi connectivity index (χ0n) is 23.6. The highest BCUT2D eigenvalue weighted by molar-refractivity contribution is 7.92. The number of anilines is 1. The molecule has 0 fully saturated rings. The van der Waals surface area contributed by atoms with Gasteiger partial charge in [-0.25, -0.2) is 8.42 Å². The second kappa shape index (κ2) is 14.5. The van der Waals surface area contributed by atoms with Gasteiger partial charge < -0.3 is 15.0 Å². The first-order chi connectivity index (χ1) is 19.2. The van der Waals surface area contributed by atoms with E-state index in [0.717, 1.165) is 16.3 Å². The lowest BCUT2D eigenvalue weighted by Gasteiger charge is -2.33. The zero-order valence-corrected chi connectivity index (χ0v) is 24.4. The van der Waals surface area contributed by atoms with Gasteiger partial charge in [-0.05, 0) is 68.7 Å². The summed E-state index contributed by atoms with van der Waals surface area (Å²) in [4.78, 5) is 28.9. The van der Waals surface area contributed by atoms with E-state index in [1.165, 1.54) is 17.0 Å². The molecule has 9 heteroatoms. The smallest absolute Gasteiger partial charge is 0.264 e. The monoisotopic (exact) mass is 565 g/mol. The average Bonchev–Trinajstić information content (AvgIpc) is 2.97. The van der Waals surface area contributed by atoms with Crippen LogP contribution in [0.2, 0.25) is 0 Å². The predicted molar refractivity (Wildman–Crippen MR) is 158 cm³/mol. The number of nitrogens with one attached hydrogen (secondary N) is 1. The Morgan fingerprint density at radius 1 is 0.850 bits per heavy atom. The van der Waals surface area contributed by atoms with Crippen LogP contribution in [-0.4, -0.2) is 50.4 Å². The van der Waals surface area contributed by atoms with Crippen molar-refractivity contribution in [3.8, 4) is 5.75 Å². The van der Waals surface area contributed by atoms with Crippen molar-refractivity contribution in [3.05, 3.63) is 90.5 Å². The van der Waals surface area contributed by atoms with Crippen LogP contribution in [0.15, 0.2) is 89.8 Å². The van der Waals surface area contributed by atoms with Gasteiger partial charge in [0.1, 0.15) is 18.3 Å². The molecule has 0 spiro atoms. The molecule has 2 amide bonds. The summed E-state index contributed by atoms with van der Waals surface area (Å²) in [5.74, 6) is -0.156. The number of hydrogen-bond acceptors (Lipinski definition) is 5. The van der Waals surface area contributed by atoms with Gasteiger partial charge >= 0.3 is 0 Å². The maximum absolute atomic E-state index is 14.1. The molecule has 0 radical (unpaired) electrons. The fourth-order valence-electron chi connectivity index (χ4n) is 4.26. The Labute approximate surface area is 238 Å². The van der Waals surface area contributed by atoms with Gasteiger partial charge in [0.25, 0.3) is 10.0 Å². The van der Waals surface area contributed by atoms with Crippen LogP contribution in [0.4, 0.5) is 5.69 Å². The number of benzene rings is 3. The van der Waals surface area contributed by atoms with Gasteiger partial charge in [-0.1, -0.05) is 62.4 Å². The number of ether oxygens (including phenoxy) is 1. The molecule has 0 unspecified atom stereocenters. The summed E-state index contributed by atoms with van der Waals surface area (Å²) in [6, 6.07) is 23.1. The molecule has 0 aliphatic rings. The van der Waals surface area contributed by atoms with E-state index in [9.17, 15) is 18.0 Å². The van der Waals surface area contributed by atoms with Crippen LogP contribution in [0.1, 0.15) is 46.1 Å². The normalized spacial score (nSPS) is 12.7. The van der Waals surface area contributed by atoms with Crippen molar-refractivity contribution in [1.82, 2.24) is 10.2 Å². The Kier molecular flexibility index (Phi) is 11.1. The fourth-order valence-corrected chi connectivity index (χ4v) is 5.70. The number of carbonyl (C=O) groups is 2. The van der Waals surface area contributed by atoms with Crippen LogP contribution in [0.25, 0.3) is 0 Å². The number of rotatable bonds is 14. The Hall–Kier alpha value is -3.85. The summed E-state index contributed by atoms with van der Waals surface area (Å²) in [6.07, 6.45) is 1.12. The van der Waals surface area contributed by atoms with Crippen LogP contribution in [0.5, 0.6) is 5.75 Å². The molecule has 0 saturated heterocycles. The lowest BCUT2D eigenvalue weighted by Crippen LogP contribution is -2.53. The predicted octanol–water partition coefficient (Wildman–Crippen LogP) is 5.00. The topological polar surface area (TPSA) is 96.0 Å². The van der Waals surface area contributed by atoms with Gasteiger partial charge in [-0.2, -0.15) is 0 Å². The first kappa shape index (κ1) is 30.7. The quantitative estimate of drug-likeness (QED) is 0.297. The highest BCUT2D eigenvalue weighted by Crippen LogP contribution is 2.27. The van der Waals surface area contributed by atoms with Crippen molar-refractivity contribution in [2.75, 3.05) is 17.5 Å². The first-order valence-electron chi connectivity index (χ1n) is 13.7. The molecule has 40 heavy (non-hydrogen) atoms. The third-order valence-electron chi connectivity index (χ3n) is 6.63. The summed E-state index contributed by atoms with van der Waals surface area (Å²) < 4.78 is 34.3. The zero-order chi connectivity index (χ0) is 29.1. The van der Waals surface area contributed by atoms with E-state index in [-0.39, 0.29) is 23.4 Å². The first-order valence-corrected chi connectivity index (χ1v) is 15.1. The average molecular weight is 566 g/mol. The van der Waals surface area contributed by atoms with Crippen LogP contribution >= 0.6 is 0 Å².